The third-order valence-electron chi connectivity index (χ3n) is 2.62. The monoisotopic (exact) mass is 403 g/mol. The molecule has 0 aliphatic heterocycles. The van der Waals surface area contributed by atoms with Crippen molar-refractivity contribution in [1.29, 1.82) is 0 Å². The molecule has 0 radical (unpaired) electrons. The van der Waals surface area contributed by atoms with Crippen LogP contribution in [0, 0.1) is 11.6 Å². The summed E-state index contributed by atoms with van der Waals surface area (Å²) in [5, 5.41) is 2.66. The van der Waals surface area contributed by atoms with Gasteiger partial charge in [-0.15, -0.1) is 0 Å². The molecule has 0 fully saturated rings. The lowest BCUT2D eigenvalue weighted by molar-refractivity contribution is 0.0950. The van der Waals surface area contributed by atoms with Crippen LogP contribution in [0.25, 0.3) is 0 Å². The Morgan fingerprint density at radius 2 is 1.65 bits per heavy atom. The number of nitrogens with one attached hydrogen (secondary N) is 1. The van der Waals surface area contributed by atoms with E-state index in [9.17, 15) is 13.6 Å². The lowest BCUT2D eigenvalue weighted by Crippen LogP contribution is -2.23. The molecule has 0 aliphatic rings. The molecule has 0 atom stereocenters. The second kappa shape index (κ2) is 6.45. The fourth-order valence-corrected chi connectivity index (χ4v) is 2.54. The maximum Gasteiger partial charge on any atom is 0.252 e. The molecule has 0 spiro atoms. The van der Waals surface area contributed by atoms with Crippen molar-refractivity contribution >= 4 is 37.8 Å². The fourth-order valence-electron chi connectivity index (χ4n) is 1.62. The third-order valence-corrected chi connectivity index (χ3v) is 4.05. The Balaban J connectivity index is 2.10. The molecule has 0 saturated heterocycles. The van der Waals surface area contributed by atoms with E-state index in [0.717, 1.165) is 0 Å². The van der Waals surface area contributed by atoms with Gasteiger partial charge in [-0.2, -0.15) is 0 Å². The highest BCUT2D eigenvalue weighted by atomic mass is 79.9. The van der Waals surface area contributed by atoms with Crippen molar-refractivity contribution in [3.8, 4) is 0 Å². The summed E-state index contributed by atoms with van der Waals surface area (Å²) in [5.74, 6) is -1.17. The zero-order valence-electron chi connectivity index (χ0n) is 10.1. The van der Waals surface area contributed by atoms with Gasteiger partial charge in [-0.05, 0) is 57.9 Å². The highest BCUT2D eigenvalue weighted by Gasteiger charge is 2.11. The van der Waals surface area contributed by atoms with Gasteiger partial charge in [0.1, 0.15) is 11.6 Å². The minimum Gasteiger partial charge on any atom is -0.348 e. The van der Waals surface area contributed by atoms with Crippen LogP contribution in [0.2, 0.25) is 0 Å². The van der Waals surface area contributed by atoms with Crippen LogP contribution in [-0.2, 0) is 6.54 Å². The van der Waals surface area contributed by atoms with Crippen LogP contribution in [0.5, 0.6) is 0 Å². The SMILES string of the molecule is O=C(NCc1cc(F)ccc1Br)c1ccc(F)cc1Br. The Hall–Kier alpha value is -1.27. The summed E-state index contributed by atoms with van der Waals surface area (Å²) in [5.41, 5.74) is 0.940. The molecule has 6 heteroatoms. The van der Waals surface area contributed by atoms with Gasteiger partial charge in [-0.1, -0.05) is 15.9 Å². The Bertz CT molecular complexity index is 662. The normalized spacial score (nSPS) is 10.4. The van der Waals surface area contributed by atoms with Gasteiger partial charge < -0.3 is 5.32 Å². The molecule has 2 aromatic rings. The maximum absolute atomic E-state index is 13.1. The van der Waals surface area contributed by atoms with E-state index in [1.54, 1.807) is 6.07 Å². The summed E-state index contributed by atoms with van der Waals surface area (Å²) >= 11 is 6.41. The van der Waals surface area contributed by atoms with E-state index in [1.807, 2.05) is 0 Å². The van der Waals surface area contributed by atoms with Gasteiger partial charge in [-0.3, -0.25) is 4.79 Å². The summed E-state index contributed by atoms with van der Waals surface area (Å²) < 4.78 is 27.1. The summed E-state index contributed by atoms with van der Waals surface area (Å²) in [7, 11) is 0. The van der Waals surface area contributed by atoms with Crippen molar-refractivity contribution < 1.29 is 13.6 Å². The molecule has 1 amide bonds. The van der Waals surface area contributed by atoms with Crippen molar-refractivity contribution in [2.45, 2.75) is 6.54 Å². The Morgan fingerprint density at radius 1 is 1.00 bits per heavy atom. The standard InChI is InChI=1S/C14H9Br2F2NO/c15-12-4-2-9(17)5-8(12)7-19-14(20)11-3-1-10(18)6-13(11)16/h1-6H,7H2,(H,19,20). The first kappa shape index (κ1) is 15.1. The number of hydrogen-bond acceptors (Lipinski definition) is 1. The second-order valence-corrected chi connectivity index (χ2v) is 5.75. The smallest absolute Gasteiger partial charge is 0.252 e. The van der Waals surface area contributed by atoms with E-state index < -0.39 is 5.82 Å². The lowest BCUT2D eigenvalue weighted by Gasteiger charge is -2.08. The van der Waals surface area contributed by atoms with Gasteiger partial charge in [0, 0.05) is 15.5 Å². The van der Waals surface area contributed by atoms with Crippen LogP contribution < -0.4 is 5.32 Å². The first-order chi connectivity index (χ1) is 9.47. The molecule has 1 N–H and O–H groups in total. The van der Waals surface area contributed by atoms with E-state index in [1.165, 1.54) is 30.3 Å². The molecule has 20 heavy (non-hydrogen) atoms. The van der Waals surface area contributed by atoms with E-state index in [-0.39, 0.29) is 18.3 Å². The minimum absolute atomic E-state index is 0.168. The fraction of sp³-hybridized carbons (Fsp3) is 0.0714. The van der Waals surface area contributed by atoms with Crippen LogP contribution in [-0.4, -0.2) is 5.91 Å². The number of benzene rings is 2. The third kappa shape index (κ3) is 3.64. The number of rotatable bonds is 3. The largest absolute Gasteiger partial charge is 0.348 e. The number of hydrogen-bond donors (Lipinski definition) is 1. The molecule has 2 nitrogen and oxygen atoms in total. The highest BCUT2D eigenvalue weighted by molar-refractivity contribution is 9.10. The van der Waals surface area contributed by atoms with Crippen LogP contribution in [0.1, 0.15) is 15.9 Å². The number of carbonyl (C=O) groups is 1. The molecule has 0 bridgehead atoms. The number of halogens is 4. The Morgan fingerprint density at radius 3 is 2.35 bits per heavy atom. The Kier molecular flexibility index (Phi) is 4.88. The topological polar surface area (TPSA) is 29.1 Å². The first-order valence-corrected chi connectivity index (χ1v) is 7.23. The molecule has 2 rings (SSSR count). The molecule has 0 saturated carbocycles. The van der Waals surface area contributed by atoms with Crippen molar-refractivity contribution in [3.63, 3.8) is 0 Å². The summed E-state index contributed by atoms with van der Waals surface area (Å²) in [4.78, 5) is 12.0. The molecular formula is C14H9Br2F2NO. The highest BCUT2D eigenvalue weighted by Crippen LogP contribution is 2.20. The zero-order chi connectivity index (χ0) is 14.7. The first-order valence-electron chi connectivity index (χ1n) is 5.64. The van der Waals surface area contributed by atoms with Gasteiger partial charge in [0.25, 0.3) is 5.91 Å². The molecule has 0 unspecified atom stereocenters. The molecule has 2 aromatic carbocycles. The van der Waals surface area contributed by atoms with Gasteiger partial charge in [0.05, 0.1) is 5.56 Å². The van der Waals surface area contributed by atoms with Crippen molar-refractivity contribution in [3.05, 3.63) is 68.1 Å². The van der Waals surface area contributed by atoms with Gasteiger partial charge >= 0.3 is 0 Å². The zero-order valence-corrected chi connectivity index (χ0v) is 13.3. The van der Waals surface area contributed by atoms with E-state index >= 15 is 0 Å². The molecular weight excluding hydrogens is 396 g/mol. The second-order valence-electron chi connectivity index (χ2n) is 4.04. The van der Waals surface area contributed by atoms with E-state index in [4.69, 9.17) is 0 Å². The average Bonchev–Trinajstić information content (AvgIpc) is 2.39. The van der Waals surface area contributed by atoms with E-state index in [0.29, 0.717) is 20.1 Å². The molecule has 0 heterocycles. The van der Waals surface area contributed by atoms with Crippen LogP contribution >= 0.6 is 31.9 Å². The van der Waals surface area contributed by atoms with Gasteiger partial charge in [0.15, 0.2) is 0 Å². The maximum atomic E-state index is 13.1. The lowest BCUT2D eigenvalue weighted by atomic mass is 10.2. The summed E-state index contributed by atoms with van der Waals surface area (Å²) in [6, 6.07) is 8.04. The number of carbonyl (C=O) groups excluding carboxylic acids is 1. The average molecular weight is 405 g/mol. The number of amides is 1. The predicted molar refractivity (Wildman–Crippen MR) is 79.4 cm³/mol. The Labute approximate surface area is 131 Å². The molecule has 0 aromatic heterocycles. The van der Waals surface area contributed by atoms with Gasteiger partial charge in [-0.25, -0.2) is 8.78 Å². The van der Waals surface area contributed by atoms with Crippen molar-refractivity contribution in [2.75, 3.05) is 0 Å². The van der Waals surface area contributed by atoms with Gasteiger partial charge in [0.2, 0.25) is 0 Å². The summed E-state index contributed by atoms with van der Waals surface area (Å²) in [6.45, 7) is 0.168. The van der Waals surface area contributed by atoms with Crippen LogP contribution in [0.3, 0.4) is 0 Å². The van der Waals surface area contributed by atoms with Crippen molar-refractivity contribution in [2.24, 2.45) is 0 Å². The summed E-state index contributed by atoms with van der Waals surface area (Å²) in [6.07, 6.45) is 0. The van der Waals surface area contributed by atoms with Crippen LogP contribution in [0.15, 0.2) is 45.3 Å². The molecule has 104 valence electrons. The quantitative estimate of drug-likeness (QED) is 0.805. The minimum atomic E-state index is -0.429. The predicted octanol–water partition coefficient (Wildman–Crippen LogP) is 4.42. The van der Waals surface area contributed by atoms with Crippen molar-refractivity contribution in [1.82, 2.24) is 5.32 Å². The van der Waals surface area contributed by atoms with E-state index in [2.05, 4.69) is 37.2 Å². The molecule has 0 aliphatic carbocycles. The van der Waals surface area contributed by atoms with Crippen LogP contribution in [0.4, 0.5) is 8.78 Å².